The van der Waals surface area contributed by atoms with E-state index >= 15 is 0 Å². The minimum absolute atomic E-state index is 0.0863. The van der Waals surface area contributed by atoms with Crippen LogP contribution in [0.25, 0.3) is 0 Å². The van der Waals surface area contributed by atoms with E-state index in [0.717, 1.165) is 31.9 Å². The van der Waals surface area contributed by atoms with Crippen LogP contribution in [-0.4, -0.2) is 45.7 Å². The normalized spacial score (nSPS) is 18.5. The van der Waals surface area contributed by atoms with Gasteiger partial charge in [0.05, 0.1) is 11.8 Å². The minimum atomic E-state index is -0.0863. The predicted octanol–water partition coefficient (Wildman–Crippen LogP) is 0.846. The molecule has 1 fully saturated rings. The Morgan fingerprint density at radius 3 is 3.05 bits per heavy atom. The Labute approximate surface area is 122 Å². The molecule has 1 saturated heterocycles. The van der Waals surface area contributed by atoms with E-state index in [1.54, 1.807) is 18.6 Å². The number of amides is 1. The van der Waals surface area contributed by atoms with Crippen molar-refractivity contribution >= 4 is 11.9 Å². The van der Waals surface area contributed by atoms with Gasteiger partial charge in [-0.05, 0) is 24.8 Å². The van der Waals surface area contributed by atoms with Crippen LogP contribution in [0.15, 0.2) is 30.9 Å². The molecule has 7 nitrogen and oxygen atoms in total. The zero-order chi connectivity index (χ0) is 14.5. The summed E-state index contributed by atoms with van der Waals surface area (Å²) in [5.74, 6) is 1.10. The standard InChI is InChI=1S/C14H18N6O/c21-13(12-8-18-19-9-12)17-7-11-3-1-6-20(10-11)14-15-4-2-5-16-14/h2,4-5,8-9,11H,1,3,6-7,10H2,(H,17,21)(H,18,19)/t11-/m1/s1. The highest BCUT2D eigenvalue weighted by atomic mass is 16.1. The summed E-state index contributed by atoms with van der Waals surface area (Å²) < 4.78 is 0. The number of piperidine rings is 1. The summed E-state index contributed by atoms with van der Waals surface area (Å²) in [5.41, 5.74) is 0.564. The summed E-state index contributed by atoms with van der Waals surface area (Å²) in [6.45, 7) is 2.50. The average molecular weight is 286 g/mol. The molecule has 21 heavy (non-hydrogen) atoms. The zero-order valence-electron chi connectivity index (χ0n) is 11.7. The number of aromatic nitrogens is 4. The lowest BCUT2D eigenvalue weighted by Crippen LogP contribution is -2.41. The molecule has 2 aromatic rings. The maximum absolute atomic E-state index is 11.9. The number of hydrogen-bond acceptors (Lipinski definition) is 5. The fourth-order valence-electron chi connectivity index (χ4n) is 2.58. The van der Waals surface area contributed by atoms with Crippen molar-refractivity contribution in [2.24, 2.45) is 5.92 Å². The molecule has 7 heteroatoms. The van der Waals surface area contributed by atoms with Gasteiger partial charge in [-0.1, -0.05) is 0 Å². The van der Waals surface area contributed by atoms with Crippen molar-refractivity contribution in [1.82, 2.24) is 25.5 Å². The second kappa shape index (κ2) is 6.34. The van der Waals surface area contributed by atoms with Gasteiger partial charge < -0.3 is 10.2 Å². The van der Waals surface area contributed by atoms with Crippen molar-refractivity contribution in [2.75, 3.05) is 24.5 Å². The predicted molar refractivity (Wildman–Crippen MR) is 77.9 cm³/mol. The number of rotatable bonds is 4. The lowest BCUT2D eigenvalue weighted by atomic mass is 9.98. The summed E-state index contributed by atoms with van der Waals surface area (Å²) in [7, 11) is 0. The molecule has 2 N–H and O–H groups in total. The van der Waals surface area contributed by atoms with E-state index < -0.39 is 0 Å². The van der Waals surface area contributed by atoms with Crippen LogP contribution < -0.4 is 10.2 Å². The molecule has 0 aliphatic carbocycles. The fraction of sp³-hybridized carbons (Fsp3) is 0.429. The smallest absolute Gasteiger partial charge is 0.254 e. The molecular weight excluding hydrogens is 268 g/mol. The number of aromatic amines is 1. The number of carbonyl (C=O) groups is 1. The van der Waals surface area contributed by atoms with Crippen molar-refractivity contribution in [3.63, 3.8) is 0 Å². The van der Waals surface area contributed by atoms with Crippen molar-refractivity contribution in [3.05, 3.63) is 36.4 Å². The number of nitrogens with zero attached hydrogens (tertiary/aromatic N) is 4. The molecule has 0 aromatic carbocycles. The summed E-state index contributed by atoms with van der Waals surface area (Å²) in [6.07, 6.45) is 8.83. The van der Waals surface area contributed by atoms with Crippen molar-refractivity contribution in [3.8, 4) is 0 Å². The van der Waals surface area contributed by atoms with Crippen LogP contribution in [0.1, 0.15) is 23.2 Å². The minimum Gasteiger partial charge on any atom is -0.352 e. The number of anilines is 1. The maximum atomic E-state index is 11.9. The van der Waals surface area contributed by atoms with E-state index in [-0.39, 0.29) is 5.91 Å². The topological polar surface area (TPSA) is 86.8 Å². The molecule has 3 rings (SSSR count). The Morgan fingerprint density at radius 1 is 1.43 bits per heavy atom. The molecule has 1 atom stereocenters. The van der Waals surface area contributed by atoms with Gasteiger partial charge in [0.25, 0.3) is 5.91 Å². The monoisotopic (exact) mass is 286 g/mol. The molecule has 0 saturated carbocycles. The summed E-state index contributed by atoms with van der Waals surface area (Å²) in [5, 5.41) is 9.38. The summed E-state index contributed by atoms with van der Waals surface area (Å²) in [6, 6.07) is 1.82. The van der Waals surface area contributed by atoms with E-state index in [1.807, 2.05) is 6.07 Å². The van der Waals surface area contributed by atoms with Crippen LogP contribution in [0, 0.1) is 5.92 Å². The van der Waals surface area contributed by atoms with E-state index in [1.165, 1.54) is 6.20 Å². The molecule has 0 unspecified atom stereocenters. The third-order valence-corrected chi connectivity index (χ3v) is 3.67. The van der Waals surface area contributed by atoms with Crippen LogP contribution in [0.3, 0.4) is 0 Å². The first-order chi connectivity index (χ1) is 10.3. The Morgan fingerprint density at radius 2 is 2.29 bits per heavy atom. The molecule has 1 amide bonds. The van der Waals surface area contributed by atoms with E-state index in [4.69, 9.17) is 0 Å². The van der Waals surface area contributed by atoms with Gasteiger partial charge in [-0.3, -0.25) is 9.89 Å². The molecule has 0 radical (unpaired) electrons. The molecular formula is C14H18N6O. The van der Waals surface area contributed by atoms with Gasteiger partial charge in [0.1, 0.15) is 0 Å². The second-order valence-electron chi connectivity index (χ2n) is 5.20. The van der Waals surface area contributed by atoms with Gasteiger partial charge in [0, 0.05) is 38.2 Å². The van der Waals surface area contributed by atoms with E-state index in [0.29, 0.717) is 18.0 Å². The van der Waals surface area contributed by atoms with Crippen LogP contribution in [0.5, 0.6) is 0 Å². The number of hydrogen-bond donors (Lipinski definition) is 2. The molecule has 1 aliphatic heterocycles. The second-order valence-corrected chi connectivity index (χ2v) is 5.20. The first-order valence-electron chi connectivity index (χ1n) is 7.12. The Bertz CT molecular complexity index is 570. The van der Waals surface area contributed by atoms with Gasteiger partial charge in [0.2, 0.25) is 5.95 Å². The molecule has 110 valence electrons. The Balaban J connectivity index is 1.53. The SMILES string of the molecule is O=C(NC[C@H]1CCCN(c2ncccn2)C1)c1cn[nH]c1. The largest absolute Gasteiger partial charge is 0.352 e. The lowest BCUT2D eigenvalue weighted by molar-refractivity contribution is 0.0945. The zero-order valence-corrected chi connectivity index (χ0v) is 11.7. The quantitative estimate of drug-likeness (QED) is 0.870. The van der Waals surface area contributed by atoms with Crippen molar-refractivity contribution in [2.45, 2.75) is 12.8 Å². The lowest BCUT2D eigenvalue weighted by Gasteiger charge is -2.32. The highest BCUT2D eigenvalue weighted by Crippen LogP contribution is 2.19. The highest BCUT2D eigenvalue weighted by Gasteiger charge is 2.22. The Kier molecular flexibility index (Phi) is 4.09. The summed E-state index contributed by atoms with van der Waals surface area (Å²) >= 11 is 0. The van der Waals surface area contributed by atoms with Crippen LogP contribution >= 0.6 is 0 Å². The number of carbonyl (C=O) groups excluding carboxylic acids is 1. The van der Waals surface area contributed by atoms with Gasteiger partial charge in [0.15, 0.2) is 0 Å². The first kappa shape index (κ1) is 13.5. The Hall–Kier alpha value is -2.44. The molecule has 0 bridgehead atoms. The van der Waals surface area contributed by atoms with Crippen molar-refractivity contribution < 1.29 is 4.79 Å². The third-order valence-electron chi connectivity index (χ3n) is 3.67. The summed E-state index contributed by atoms with van der Waals surface area (Å²) in [4.78, 5) is 22.6. The highest BCUT2D eigenvalue weighted by molar-refractivity contribution is 5.93. The number of H-pyrrole nitrogens is 1. The average Bonchev–Trinajstić information content (AvgIpc) is 3.08. The molecule has 2 aromatic heterocycles. The van der Waals surface area contributed by atoms with Gasteiger partial charge in [-0.15, -0.1) is 0 Å². The van der Waals surface area contributed by atoms with Crippen molar-refractivity contribution in [1.29, 1.82) is 0 Å². The van der Waals surface area contributed by atoms with Crippen LogP contribution in [-0.2, 0) is 0 Å². The van der Waals surface area contributed by atoms with Gasteiger partial charge in [-0.2, -0.15) is 5.10 Å². The van der Waals surface area contributed by atoms with E-state index in [2.05, 4.69) is 30.4 Å². The third kappa shape index (κ3) is 3.36. The first-order valence-corrected chi connectivity index (χ1v) is 7.12. The number of nitrogens with one attached hydrogen (secondary N) is 2. The molecule has 1 aliphatic rings. The van der Waals surface area contributed by atoms with Gasteiger partial charge >= 0.3 is 0 Å². The van der Waals surface area contributed by atoms with Gasteiger partial charge in [-0.25, -0.2) is 9.97 Å². The van der Waals surface area contributed by atoms with E-state index in [9.17, 15) is 4.79 Å². The molecule has 3 heterocycles. The maximum Gasteiger partial charge on any atom is 0.254 e. The fourth-order valence-corrected chi connectivity index (χ4v) is 2.58. The van der Waals surface area contributed by atoms with Crippen LogP contribution in [0.2, 0.25) is 0 Å². The van der Waals surface area contributed by atoms with Crippen LogP contribution in [0.4, 0.5) is 5.95 Å². The molecule has 0 spiro atoms.